The lowest BCUT2D eigenvalue weighted by atomic mass is 10.2. The van der Waals surface area contributed by atoms with E-state index >= 15 is 0 Å². The number of para-hydroxylation sites is 2. The highest BCUT2D eigenvalue weighted by Gasteiger charge is 2.31. The quantitative estimate of drug-likeness (QED) is 0.644. The molecular weight excluding hydrogens is 274 g/mol. The van der Waals surface area contributed by atoms with Crippen LogP contribution >= 0.6 is 12.2 Å². The van der Waals surface area contributed by atoms with E-state index in [2.05, 4.69) is 17.2 Å². The van der Waals surface area contributed by atoms with Gasteiger partial charge in [0.05, 0.1) is 12.2 Å². The summed E-state index contributed by atoms with van der Waals surface area (Å²) in [4.78, 5) is 13.7. The molecule has 20 heavy (non-hydrogen) atoms. The highest BCUT2D eigenvalue weighted by molar-refractivity contribution is 7.80. The number of benzene rings is 1. The lowest BCUT2D eigenvalue weighted by Crippen LogP contribution is -2.52. The predicted molar refractivity (Wildman–Crippen MR) is 83.1 cm³/mol. The number of nitrogens with one attached hydrogen (secondary N) is 2. The van der Waals surface area contributed by atoms with Gasteiger partial charge in [0.25, 0.3) is 5.91 Å². The Morgan fingerprint density at radius 1 is 1.60 bits per heavy atom. The molecule has 0 aromatic heterocycles. The van der Waals surface area contributed by atoms with Crippen molar-refractivity contribution in [2.45, 2.75) is 6.10 Å². The fourth-order valence-electron chi connectivity index (χ4n) is 1.98. The van der Waals surface area contributed by atoms with Gasteiger partial charge in [-0.1, -0.05) is 18.2 Å². The minimum Gasteiger partial charge on any atom is -0.477 e. The first-order chi connectivity index (χ1) is 9.67. The first-order valence-electron chi connectivity index (χ1n) is 6.31. The molecule has 2 N–H and O–H groups in total. The summed E-state index contributed by atoms with van der Waals surface area (Å²) in [5, 5.41) is 6.22. The van der Waals surface area contributed by atoms with Gasteiger partial charge in [-0.15, -0.1) is 6.58 Å². The molecule has 0 aliphatic carbocycles. The van der Waals surface area contributed by atoms with Gasteiger partial charge < -0.3 is 20.3 Å². The van der Waals surface area contributed by atoms with E-state index in [1.807, 2.05) is 29.2 Å². The third-order valence-electron chi connectivity index (χ3n) is 2.96. The van der Waals surface area contributed by atoms with Crippen LogP contribution in [0.15, 0.2) is 36.9 Å². The molecule has 2 rings (SSSR count). The fourth-order valence-corrected chi connectivity index (χ4v) is 2.24. The summed E-state index contributed by atoms with van der Waals surface area (Å²) in [6.45, 7) is 4.60. The van der Waals surface area contributed by atoms with Gasteiger partial charge in [0, 0.05) is 13.6 Å². The molecule has 1 atom stereocenters. The Hall–Kier alpha value is -2.08. The fraction of sp³-hybridized carbons (Fsp3) is 0.286. The molecule has 1 aliphatic heterocycles. The minimum atomic E-state index is -0.585. The molecule has 0 fully saturated rings. The standard InChI is InChI=1S/C14H17N3O2S/c1-3-8-16-14(20)17-9-12(13(18)15-2)19-11-7-5-4-6-10(11)17/h3-7,12H,1,8-9H2,2H3,(H,15,18)(H,16,20)/t12-/m0/s1. The predicted octanol–water partition coefficient (Wildman–Crippen LogP) is 1.06. The molecule has 5 nitrogen and oxygen atoms in total. The Labute approximate surface area is 123 Å². The summed E-state index contributed by atoms with van der Waals surface area (Å²) < 4.78 is 5.71. The Balaban J connectivity index is 2.27. The van der Waals surface area contributed by atoms with E-state index < -0.39 is 6.10 Å². The van der Waals surface area contributed by atoms with Gasteiger partial charge in [-0.2, -0.15) is 0 Å². The number of hydrogen-bond donors (Lipinski definition) is 2. The van der Waals surface area contributed by atoms with E-state index in [0.29, 0.717) is 24.0 Å². The van der Waals surface area contributed by atoms with Gasteiger partial charge in [-0.25, -0.2) is 0 Å². The van der Waals surface area contributed by atoms with E-state index in [4.69, 9.17) is 17.0 Å². The van der Waals surface area contributed by atoms with Crippen molar-refractivity contribution >= 4 is 28.9 Å². The minimum absolute atomic E-state index is 0.170. The van der Waals surface area contributed by atoms with E-state index in [9.17, 15) is 4.79 Å². The van der Waals surface area contributed by atoms with Crippen LogP contribution in [0.3, 0.4) is 0 Å². The Kier molecular flexibility index (Phi) is 4.57. The zero-order valence-corrected chi connectivity index (χ0v) is 12.1. The third kappa shape index (κ3) is 2.91. The van der Waals surface area contributed by atoms with Gasteiger partial charge in [0.2, 0.25) is 0 Å². The van der Waals surface area contributed by atoms with Crippen molar-refractivity contribution in [3.63, 3.8) is 0 Å². The molecule has 1 aromatic carbocycles. The average Bonchev–Trinajstić information content (AvgIpc) is 2.50. The van der Waals surface area contributed by atoms with Gasteiger partial charge in [-0.05, 0) is 24.4 Å². The maximum absolute atomic E-state index is 11.8. The molecule has 106 valence electrons. The number of amides is 1. The van der Waals surface area contributed by atoms with Crippen LogP contribution in [-0.2, 0) is 4.79 Å². The molecule has 1 amide bonds. The zero-order chi connectivity index (χ0) is 14.5. The molecule has 0 radical (unpaired) electrons. The van der Waals surface area contributed by atoms with Gasteiger partial charge in [-0.3, -0.25) is 4.79 Å². The maximum Gasteiger partial charge on any atom is 0.262 e. The number of anilines is 1. The number of likely N-dealkylation sites (N-methyl/N-ethyl adjacent to an activating group) is 1. The molecule has 1 aliphatic rings. The van der Waals surface area contributed by atoms with E-state index in [1.54, 1.807) is 13.1 Å². The summed E-state index contributed by atoms with van der Waals surface area (Å²) in [5.41, 5.74) is 0.856. The lowest BCUT2D eigenvalue weighted by Gasteiger charge is -2.35. The van der Waals surface area contributed by atoms with Gasteiger partial charge in [0.1, 0.15) is 5.75 Å². The molecule has 0 saturated heterocycles. The Morgan fingerprint density at radius 2 is 2.35 bits per heavy atom. The lowest BCUT2D eigenvalue weighted by molar-refractivity contribution is -0.127. The van der Waals surface area contributed by atoms with Crippen LogP contribution < -0.4 is 20.3 Å². The highest BCUT2D eigenvalue weighted by atomic mass is 32.1. The van der Waals surface area contributed by atoms with Crippen molar-refractivity contribution in [2.24, 2.45) is 0 Å². The molecule has 0 bridgehead atoms. The zero-order valence-electron chi connectivity index (χ0n) is 11.3. The van der Waals surface area contributed by atoms with Crippen LogP contribution in [0.1, 0.15) is 0 Å². The van der Waals surface area contributed by atoms with Crippen LogP contribution in [0.25, 0.3) is 0 Å². The largest absolute Gasteiger partial charge is 0.477 e. The number of fused-ring (bicyclic) bond motifs is 1. The number of nitrogens with zero attached hydrogens (tertiary/aromatic N) is 1. The number of carbonyl (C=O) groups is 1. The van der Waals surface area contributed by atoms with Crippen LogP contribution in [0.4, 0.5) is 5.69 Å². The second kappa shape index (κ2) is 6.38. The number of carbonyl (C=O) groups excluding carboxylic acids is 1. The van der Waals surface area contributed by atoms with Crippen LogP contribution in [0.5, 0.6) is 5.75 Å². The number of ether oxygens (including phenoxy) is 1. The second-order valence-electron chi connectivity index (χ2n) is 4.27. The molecule has 0 unspecified atom stereocenters. The molecule has 6 heteroatoms. The van der Waals surface area contributed by atoms with Crippen molar-refractivity contribution in [1.82, 2.24) is 10.6 Å². The molecular formula is C14H17N3O2S. The number of rotatable bonds is 3. The highest BCUT2D eigenvalue weighted by Crippen LogP contribution is 2.33. The van der Waals surface area contributed by atoms with Crippen molar-refractivity contribution in [3.8, 4) is 5.75 Å². The smallest absolute Gasteiger partial charge is 0.262 e. The Morgan fingerprint density at radius 3 is 3.05 bits per heavy atom. The first-order valence-corrected chi connectivity index (χ1v) is 6.71. The maximum atomic E-state index is 11.8. The molecule has 1 heterocycles. The summed E-state index contributed by atoms with van der Waals surface area (Å²) in [6, 6.07) is 7.51. The van der Waals surface area contributed by atoms with Crippen molar-refractivity contribution in [1.29, 1.82) is 0 Å². The molecule has 1 aromatic rings. The van der Waals surface area contributed by atoms with Gasteiger partial charge in [0.15, 0.2) is 11.2 Å². The SMILES string of the molecule is C=CCNC(=S)N1C[C@@H](C(=O)NC)Oc2ccccc21. The summed E-state index contributed by atoms with van der Waals surface area (Å²) >= 11 is 5.37. The van der Waals surface area contributed by atoms with Crippen LogP contribution in [0, 0.1) is 0 Å². The monoisotopic (exact) mass is 291 g/mol. The normalized spacial score (nSPS) is 16.6. The van der Waals surface area contributed by atoms with Crippen molar-refractivity contribution in [2.75, 3.05) is 25.0 Å². The molecule has 0 spiro atoms. The van der Waals surface area contributed by atoms with Crippen LogP contribution in [0.2, 0.25) is 0 Å². The van der Waals surface area contributed by atoms with Crippen molar-refractivity contribution in [3.05, 3.63) is 36.9 Å². The van der Waals surface area contributed by atoms with E-state index in [0.717, 1.165) is 5.69 Å². The summed E-state index contributed by atoms with van der Waals surface area (Å²) in [5.74, 6) is 0.478. The second-order valence-corrected chi connectivity index (χ2v) is 4.66. The third-order valence-corrected chi connectivity index (χ3v) is 3.32. The van der Waals surface area contributed by atoms with Crippen LogP contribution in [-0.4, -0.2) is 37.3 Å². The number of hydrogen-bond acceptors (Lipinski definition) is 3. The van der Waals surface area contributed by atoms with E-state index in [1.165, 1.54) is 0 Å². The van der Waals surface area contributed by atoms with E-state index in [-0.39, 0.29) is 5.91 Å². The molecule has 0 saturated carbocycles. The summed E-state index contributed by atoms with van der Waals surface area (Å²) in [7, 11) is 1.59. The topological polar surface area (TPSA) is 53.6 Å². The number of thiocarbonyl (C=S) groups is 1. The first kappa shape index (κ1) is 14.3. The summed E-state index contributed by atoms with van der Waals surface area (Å²) in [6.07, 6.45) is 1.15. The Bertz CT molecular complexity index is 533. The average molecular weight is 291 g/mol. The van der Waals surface area contributed by atoms with Gasteiger partial charge >= 0.3 is 0 Å². The van der Waals surface area contributed by atoms with Crippen molar-refractivity contribution < 1.29 is 9.53 Å².